The quantitative estimate of drug-likeness (QED) is 0.176. The monoisotopic (exact) mass is 671 g/mol. The molecule has 3 atom stereocenters. The van der Waals surface area contributed by atoms with Gasteiger partial charge in [-0.1, -0.05) is 106 Å². The van der Waals surface area contributed by atoms with Gasteiger partial charge in [0.25, 0.3) is 0 Å². The Morgan fingerprint density at radius 3 is 2.16 bits per heavy atom. The van der Waals surface area contributed by atoms with Crippen molar-refractivity contribution in [3.8, 4) is 0 Å². The van der Waals surface area contributed by atoms with Gasteiger partial charge in [0.15, 0.2) is 6.29 Å². The van der Waals surface area contributed by atoms with Crippen LogP contribution in [0.5, 0.6) is 0 Å². The Labute approximate surface area is 288 Å². The number of carbonyl (C=O) groups is 4. The number of hydrogen-bond donors (Lipinski definition) is 2. The molecule has 11 heteroatoms. The van der Waals surface area contributed by atoms with Gasteiger partial charge in [0.1, 0.15) is 12.6 Å². The Morgan fingerprint density at radius 2 is 1.53 bits per heavy atom. The van der Waals surface area contributed by atoms with Gasteiger partial charge in [-0.2, -0.15) is 4.98 Å². The minimum absolute atomic E-state index is 0.0131. The summed E-state index contributed by atoms with van der Waals surface area (Å²) in [6.45, 7) is 13.2. The molecular weight excluding hydrogens is 622 g/mol. The molecule has 0 aliphatic carbocycles. The fourth-order valence-electron chi connectivity index (χ4n) is 4.71. The van der Waals surface area contributed by atoms with Crippen molar-refractivity contribution >= 4 is 35.5 Å². The Kier molecular flexibility index (Phi) is 15.4. The molecule has 262 valence electrons. The van der Waals surface area contributed by atoms with Gasteiger partial charge < -0.3 is 24.8 Å². The average molecular weight is 672 g/mol. The first kappa shape index (κ1) is 38.4. The third kappa shape index (κ3) is 12.8. The molecule has 49 heavy (non-hydrogen) atoms. The van der Waals surface area contributed by atoms with Crippen molar-refractivity contribution in [2.75, 3.05) is 6.54 Å². The average Bonchev–Trinajstić information content (AvgIpc) is 3.78. The van der Waals surface area contributed by atoms with Gasteiger partial charge in [0, 0.05) is 18.6 Å². The van der Waals surface area contributed by atoms with Crippen LogP contribution in [0.3, 0.4) is 0 Å². The van der Waals surface area contributed by atoms with E-state index in [1.54, 1.807) is 4.90 Å². The largest absolute Gasteiger partial charge is 0.445 e. The number of aromatic nitrogens is 2. The van der Waals surface area contributed by atoms with E-state index in [1.165, 1.54) is 10.8 Å². The van der Waals surface area contributed by atoms with E-state index in [4.69, 9.17) is 9.26 Å². The third-order valence-corrected chi connectivity index (χ3v) is 8.42. The zero-order chi connectivity index (χ0) is 35.8. The summed E-state index contributed by atoms with van der Waals surface area (Å²) in [5.74, 6) is 1.35. The Hall–Kier alpha value is -5.06. The molecule has 2 N–H and O–H groups in total. The molecule has 1 fully saturated rings. The summed E-state index contributed by atoms with van der Waals surface area (Å²) in [5, 5.41) is 11.6. The summed E-state index contributed by atoms with van der Waals surface area (Å²) < 4.78 is 10.1. The zero-order valence-electron chi connectivity index (χ0n) is 29.3. The minimum atomic E-state index is -0.356. The molecule has 0 spiro atoms. The van der Waals surface area contributed by atoms with E-state index in [2.05, 4.69) is 72.7 Å². The number of fused-ring (bicyclic) bond motifs is 1. The molecule has 3 amide bonds. The molecule has 0 radical (unpaired) electrons. The van der Waals surface area contributed by atoms with Gasteiger partial charge in [-0.05, 0) is 60.4 Å². The first-order valence-corrected chi connectivity index (χ1v) is 16.7. The number of rotatable bonds is 11. The fourth-order valence-corrected chi connectivity index (χ4v) is 4.71. The molecule has 1 aromatic heterocycles. The second-order valence-corrected chi connectivity index (χ2v) is 12.8. The lowest BCUT2D eigenvalue weighted by Crippen LogP contribution is -2.47. The van der Waals surface area contributed by atoms with Crippen LogP contribution in [0.4, 0.5) is 4.79 Å². The molecule has 1 saturated heterocycles. The number of nitrogens with zero attached hydrogens (tertiary/aromatic N) is 3. The van der Waals surface area contributed by atoms with Crippen molar-refractivity contribution in [2.24, 2.45) is 11.8 Å². The number of carbonyl (C=O) groups excluding carboxylic acids is 4. The van der Waals surface area contributed by atoms with Crippen LogP contribution in [0.2, 0.25) is 0 Å². The van der Waals surface area contributed by atoms with Crippen LogP contribution in [-0.2, 0) is 27.4 Å². The topological polar surface area (TPSA) is 144 Å². The molecule has 0 bridgehead atoms. The highest BCUT2D eigenvalue weighted by atomic mass is 16.5. The third-order valence-electron chi connectivity index (χ3n) is 8.42. The van der Waals surface area contributed by atoms with Gasteiger partial charge in [0.2, 0.25) is 24.0 Å². The van der Waals surface area contributed by atoms with Crippen LogP contribution in [-0.4, -0.2) is 64.4 Å². The maximum atomic E-state index is 11.8. The van der Waals surface area contributed by atoms with Crippen molar-refractivity contribution in [1.82, 2.24) is 25.7 Å². The van der Waals surface area contributed by atoms with Crippen LogP contribution < -0.4 is 10.6 Å². The van der Waals surface area contributed by atoms with Crippen LogP contribution in [0.25, 0.3) is 10.8 Å². The smallest absolute Gasteiger partial charge is 0.407 e. The number of nitrogens with one attached hydrogen (secondary N) is 2. The summed E-state index contributed by atoms with van der Waals surface area (Å²) in [6.07, 6.45) is 3.24. The van der Waals surface area contributed by atoms with Crippen molar-refractivity contribution in [1.29, 1.82) is 0 Å². The van der Waals surface area contributed by atoms with E-state index in [0.29, 0.717) is 43.6 Å². The van der Waals surface area contributed by atoms with Crippen LogP contribution >= 0.6 is 0 Å². The molecule has 2 heterocycles. The SMILES string of the molecule is CC(C)C(C)NC(=O)OCc1ccccc1.CC(C)C(C)NC(=O)[C@@H]1CCCN1C=O.O=Cc1noc(Cc2ccc3ccccc3c2)n1. The lowest BCUT2D eigenvalue weighted by molar-refractivity contribution is -0.131. The van der Waals surface area contributed by atoms with Crippen LogP contribution in [0, 0.1) is 11.8 Å². The van der Waals surface area contributed by atoms with E-state index >= 15 is 0 Å². The normalized spacial score (nSPS) is 14.9. The van der Waals surface area contributed by atoms with E-state index in [0.717, 1.165) is 30.4 Å². The van der Waals surface area contributed by atoms with Crippen molar-refractivity contribution < 1.29 is 28.4 Å². The lowest BCUT2D eigenvalue weighted by Gasteiger charge is -2.23. The van der Waals surface area contributed by atoms with E-state index in [-0.39, 0.29) is 36.0 Å². The predicted molar refractivity (Wildman–Crippen MR) is 189 cm³/mol. The lowest BCUT2D eigenvalue weighted by atomic mass is 10.1. The highest BCUT2D eigenvalue weighted by Crippen LogP contribution is 2.18. The van der Waals surface area contributed by atoms with Gasteiger partial charge >= 0.3 is 6.09 Å². The number of hydrogen-bond acceptors (Lipinski definition) is 8. The fraction of sp³-hybridized carbons (Fsp3) is 0.421. The van der Waals surface area contributed by atoms with Crippen LogP contribution in [0.15, 0.2) is 77.3 Å². The number of alkyl carbamates (subject to hydrolysis) is 1. The first-order valence-electron chi connectivity index (χ1n) is 16.7. The predicted octanol–water partition coefficient (Wildman–Crippen LogP) is 6.35. The molecule has 11 nitrogen and oxygen atoms in total. The molecule has 0 saturated carbocycles. The highest BCUT2D eigenvalue weighted by molar-refractivity contribution is 5.84. The summed E-state index contributed by atoms with van der Waals surface area (Å²) in [7, 11) is 0. The second kappa shape index (κ2) is 19.7. The second-order valence-electron chi connectivity index (χ2n) is 12.8. The van der Waals surface area contributed by atoms with E-state index in [1.807, 2.05) is 62.4 Å². The van der Waals surface area contributed by atoms with E-state index in [9.17, 15) is 19.2 Å². The van der Waals surface area contributed by atoms with E-state index < -0.39 is 0 Å². The Balaban J connectivity index is 0.000000200. The number of ether oxygens (including phenoxy) is 1. The number of benzene rings is 3. The van der Waals surface area contributed by atoms with Gasteiger partial charge in [0.05, 0.1) is 6.42 Å². The van der Waals surface area contributed by atoms with Gasteiger partial charge in [-0.15, -0.1) is 0 Å². The summed E-state index contributed by atoms with van der Waals surface area (Å²) in [6, 6.07) is 24.0. The summed E-state index contributed by atoms with van der Waals surface area (Å²) >= 11 is 0. The number of likely N-dealkylation sites (tertiary alicyclic amines) is 1. The maximum Gasteiger partial charge on any atom is 0.407 e. The molecule has 3 aromatic carbocycles. The Morgan fingerprint density at radius 1 is 0.878 bits per heavy atom. The molecular formula is C38H49N5O6. The first-order chi connectivity index (χ1) is 23.5. The van der Waals surface area contributed by atoms with Crippen molar-refractivity contribution in [3.63, 3.8) is 0 Å². The van der Waals surface area contributed by atoms with Crippen LogP contribution in [0.1, 0.15) is 82.0 Å². The van der Waals surface area contributed by atoms with Gasteiger partial charge in [-0.3, -0.25) is 14.4 Å². The van der Waals surface area contributed by atoms with Gasteiger partial charge in [-0.25, -0.2) is 4.79 Å². The molecule has 1 aliphatic heterocycles. The van der Waals surface area contributed by atoms with Crippen molar-refractivity contribution in [3.05, 3.63) is 95.6 Å². The maximum absolute atomic E-state index is 11.8. The summed E-state index contributed by atoms with van der Waals surface area (Å²) in [5.41, 5.74) is 2.07. The summed E-state index contributed by atoms with van der Waals surface area (Å²) in [4.78, 5) is 49.9. The minimum Gasteiger partial charge on any atom is -0.445 e. The zero-order valence-corrected chi connectivity index (χ0v) is 29.3. The molecule has 2 unspecified atom stereocenters. The molecule has 1 aliphatic rings. The Bertz CT molecular complexity index is 1620. The standard InChI is InChI=1S/C14H10N2O2.C13H19NO2.C11H20N2O2/c17-9-13-15-14(18-16-13)8-10-5-6-11-3-1-2-4-12(11)7-10;1-10(2)11(3)14-13(15)16-9-12-7-5-4-6-8-12;1-8(2)9(3)12-11(15)10-5-4-6-13(10)7-14/h1-7,9H,8H2;4-8,10-11H,9H2,1-3H3,(H,14,15);7-10H,4-6H2,1-3H3,(H,12,15)/t;;9?,10-/m..0/s1. The van der Waals surface area contributed by atoms with Crippen molar-refractivity contribution in [2.45, 2.75) is 85.5 Å². The highest BCUT2D eigenvalue weighted by Gasteiger charge is 2.30. The molecule has 4 aromatic rings. The number of amides is 3. The number of aldehydes is 1. The molecule has 5 rings (SSSR count).